The van der Waals surface area contributed by atoms with Gasteiger partial charge in [0.05, 0.1) is 0 Å². The normalized spacial score (nSPS) is 8.33. The Balaban J connectivity index is 0.00000121. The summed E-state index contributed by atoms with van der Waals surface area (Å²) in [5.41, 5.74) is 0. The number of hydrogen-bond acceptors (Lipinski definition) is 4. The summed E-state index contributed by atoms with van der Waals surface area (Å²) in [5, 5.41) is 17.7. The van der Waals surface area contributed by atoms with E-state index in [0.29, 0.717) is 0 Å². The van der Waals surface area contributed by atoms with E-state index in [9.17, 15) is 10.1 Å². The zero-order valence-electron chi connectivity index (χ0n) is 6.14. The SMILES string of the molecule is O=[N+]([O-])Oc1cccc(O)c1.[PbH2]. The van der Waals surface area contributed by atoms with Crippen molar-refractivity contribution in [1.29, 1.82) is 0 Å². The Morgan fingerprint density at radius 3 is 2.67 bits per heavy atom. The molecule has 0 aliphatic heterocycles. The van der Waals surface area contributed by atoms with Crippen molar-refractivity contribution in [3.63, 3.8) is 0 Å². The third-order valence-corrected chi connectivity index (χ3v) is 0.998. The third-order valence-electron chi connectivity index (χ3n) is 0.998. The van der Waals surface area contributed by atoms with E-state index < -0.39 is 5.09 Å². The van der Waals surface area contributed by atoms with E-state index in [0.717, 1.165) is 6.07 Å². The maximum atomic E-state index is 9.78. The van der Waals surface area contributed by atoms with Crippen molar-refractivity contribution in [2.24, 2.45) is 0 Å². The first kappa shape index (κ1) is 11.1. The summed E-state index contributed by atoms with van der Waals surface area (Å²) in [4.78, 5) is 13.8. The standard InChI is InChI=1S/C6H5NO4.Pb.2H/c8-5-2-1-3-6(4-5)11-7(9)10;;;/h1-4,8H;;;. The summed E-state index contributed by atoms with van der Waals surface area (Å²) in [6, 6.07) is 5.38. The monoisotopic (exact) mass is 365 g/mol. The van der Waals surface area contributed by atoms with E-state index >= 15 is 0 Å². The Kier molecular flexibility index (Phi) is 4.56. The Labute approximate surface area is 88.2 Å². The van der Waals surface area contributed by atoms with Crippen LogP contribution < -0.4 is 4.84 Å². The molecule has 0 fully saturated rings. The Bertz CT molecular complexity index is 278. The first-order chi connectivity index (χ1) is 5.18. The minimum atomic E-state index is -0.936. The molecule has 0 aliphatic carbocycles. The van der Waals surface area contributed by atoms with Crippen LogP contribution in [0.15, 0.2) is 24.3 Å². The average molecular weight is 364 g/mol. The van der Waals surface area contributed by atoms with Crippen LogP contribution in [0, 0.1) is 10.1 Å². The molecule has 0 unspecified atom stereocenters. The van der Waals surface area contributed by atoms with Crippen molar-refractivity contribution in [3.8, 4) is 11.5 Å². The first-order valence-electron chi connectivity index (χ1n) is 2.80. The molecule has 0 saturated heterocycles. The number of phenolic OH excluding ortho intramolecular Hbond substituents is 1. The Morgan fingerprint density at radius 1 is 1.50 bits per heavy atom. The van der Waals surface area contributed by atoms with E-state index in [4.69, 9.17) is 5.11 Å². The fraction of sp³-hybridized carbons (Fsp3) is 0. The van der Waals surface area contributed by atoms with Gasteiger partial charge >= 0.3 is 27.3 Å². The molecule has 12 heavy (non-hydrogen) atoms. The van der Waals surface area contributed by atoms with E-state index in [2.05, 4.69) is 4.84 Å². The van der Waals surface area contributed by atoms with Crippen LogP contribution >= 0.6 is 0 Å². The zero-order chi connectivity index (χ0) is 8.27. The molecule has 5 nitrogen and oxygen atoms in total. The van der Waals surface area contributed by atoms with Crippen LogP contribution in [0.2, 0.25) is 0 Å². The molecule has 64 valence electrons. The summed E-state index contributed by atoms with van der Waals surface area (Å²) >= 11 is 0. The van der Waals surface area contributed by atoms with Gasteiger partial charge in [0.1, 0.15) is 11.5 Å². The van der Waals surface area contributed by atoms with Crippen molar-refractivity contribution >= 4 is 27.3 Å². The fourth-order valence-corrected chi connectivity index (χ4v) is 0.626. The first-order valence-corrected chi connectivity index (χ1v) is 2.80. The third kappa shape index (κ3) is 3.51. The second-order valence-electron chi connectivity index (χ2n) is 1.81. The summed E-state index contributed by atoms with van der Waals surface area (Å²) in [6.07, 6.45) is 0. The summed E-state index contributed by atoms with van der Waals surface area (Å²) < 4.78 is 0. The molecule has 1 aromatic rings. The van der Waals surface area contributed by atoms with Crippen LogP contribution in [0.1, 0.15) is 0 Å². The number of hydrogen-bond donors (Lipinski definition) is 1. The molecule has 0 heterocycles. The molecular formula is C6H7NO4Pb. The predicted molar refractivity (Wildman–Crippen MR) is 44.3 cm³/mol. The summed E-state index contributed by atoms with van der Waals surface area (Å²) in [5.74, 6) is -0.0562. The summed E-state index contributed by atoms with van der Waals surface area (Å²) in [6.45, 7) is 0. The van der Waals surface area contributed by atoms with Crippen LogP contribution in [0.3, 0.4) is 0 Å². The molecule has 2 radical (unpaired) electrons. The van der Waals surface area contributed by atoms with Gasteiger partial charge in [-0.3, -0.25) is 4.84 Å². The molecular weight excluding hydrogens is 357 g/mol. The van der Waals surface area contributed by atoms with Crippen LogP contribution in [0.4, 0.5) is 0 Å². The quantitative estimate of drug-likeness (QED) is 0.457. The van der Waals surface area contributed by atoms with E-state index in [1.165, 1.54) is 18.2 Å². The molecule has 0 bridgehead atoms. The number of aromatic hydroxyl groups is 1. The fourth-order valence-electron chi connectivity index (χ4n) is 0.626. The molecule has 1 aromatic carbocycles. The summed E-state index contributed by atoms with van der Waals surface area (Å²) in [7, 11) is 0. The molecule has 6 heteroatoms. The second-order valence-corrected chi connectivity index (χ2v) is 1.81. The second kappa shape index (κ2) is 4.91. The topological polar surface area (TPSA) is 72.6 Å². The van der Waals surface area contributed by atoms with Gasteiger partial charge in [0.15, 0.2) is 0 Å². The van der Waals surface area contributed by atoms with Crippen molar-refractivity contribution in [2.45, 2.75) is 0 Å². The van der Waals surface area contributed by atoms with Crippen LogP contribution in [-0.2, 0) is 0 Å². The van der Waals surface area contributed by atoms with Gasteiger partial charge in [-0.2, -0.15) is 0 Å². The van der Waals surface area contributed by atoms with Gasteiger partial charge in [-0.15, -0.1) is 10.1 Å². The maximum absolute atomic E-state index is 9.78. The van der Waals surface area contributed by atoms with Crippen molar-refractivity contribution in [3.05, 3.63) is 34.4 Å². The van der Waals surface area contributed by atoms with Crippen molar-refractivity contribution in [2.75, 3.05) is 0 Å². The van der Waals surface area contributed by atoms with Crippen LogP contribution in [0.5, 0.6) is 11.5 Å². The van der Waals surface area contributed by atoms with Crippen molar-refractivity contribution < 1.29 is 15.0 Å². The predicted octanol–water partition coefficient (Wildman–Crippen LogP) is 0.0465. The number of benzene rings is 1. The minimum absolute atomic E-state index is 0. The molecule has 0 aromatic heterocycles. The molecule has 0 aliphatic rings. The molecule has 0 spiro atoms. The van der Waals surface area contributed by atoms with Gasteiger partial charge in [0.2, 0.25) is 0 Å². The van der Waals surface area contributed by atoms with Gasteiger partial charge in [0.25, 0.3) is 5.09 Å². The van der Waals surface area contributed by atoms with Gasteiger partial charge < -0.3 is 5.11 Å². The molecule has 0 amide bonds. The number of nitrogens with zero attached hydrogens (tertiary/aromatic N) is 1. The van der Waals surface area contributed by atoms with Crippen LogP contribution in [-0.4, -0.2) is 37.5 Å². The molecule has 1 N–H and O–H groups in total. The molecule has 1 rings (SSSR count). The average Bonchev–Trinajstić information content (AvgIpc) is 1.85. The molecule has 0 atom stereocenters. The van der Waals surface area contributed by atoms with Gasteiger partial charge in [0, 0.05) is 6.07 Å². The van der Waals surface area contributed by atoms with Gasteiger partial charge in [-0.05, 0) is 12.1 Å². The number of phenols is 1. The van der Waals surface area contributed by atoms with Crippen molar-refractivity contribution in [1.82, 2.24) is 0 Å². The number of rotatable bonds is 2. The van der Waals surface area contributed by atoms with E-state index in [1.807, 2.05) is 0 Å². The Hall–Kier alpha value is -0.858. The van der Waals surface area contributed by atoms with E-state index in [-0.39, 0.29) is 38.8 Å². The molecule has 0 saturated carbocycles. The van der Waals surface area contributed by atoms with Gasteiger partial charge in [-0.25, -0.2) is 0 Å². The Morgan fingerprint density at radius 2 is 2.17 bits per heavy atom. The zero-order valence-corrected chi connectivity index (χ0v) is 11.6. The van der Waals surface area contributed by atoms with Crippen LogP contribution in [0.25, 0.3) is 0 Å². The van der Waals surface area contributed by atoms with E-state index in [1.54, 1.807) is 0 Å². The van der Waals surface area contributed by atoms with Gasteiger partial charge in [-0.1, -0.05) is 6.07 Å².